The van der Waals surface area contributed by atoms with Crippen LogP contribution in [0.4, 0.5) is 10.1 Å². The number of benzene rings is 2. The molecule has 0 aliphatic carbocycles. The highest BCUT2D eigenvalue weighted by Gasteiger charge is 2.36. The van der Waals surface area contributed by atoms with Crippen LogP contribution < -0.4 is 10.1 Å². The zero-order valence-electron chi connectivity index (χ0n) is 20.1. The summed E-state index contributed by atoms with van der Waals surface area (Å²) in [5.74, 6) is -0.321. The summed E-state index contributed by atoms with van der Waals surface area (Å²) in [7, 11) is -3.94. The zero-order chi connectivity index (χ0) is 25.7. The quantitative estimate of drug-likeness (QED) is 0.467. The molecule has 1 N–H and O–H groups in total. The fourth-order valence-corrected chi connectivity index (χ4v) is 5.87. The number of sulfonamides is 1. The number of nitrogens with zero attached hydrogens (tertiary/aromatic N) is 2. The Morgan fingerprint density at radius 1 is 1.17 bits per heavy atom. The summed E-state index contributed by atoms with van der Waals surface area (Å²) < 4.78 is 53.0. The number of carbonyl (C=O) groups excluding carboxylic acids is 1. The molecule has 0 unspecified atom stereocenters. The molecule has 8 nitrogen and oxygen atoms in total. The predicted octanol–water partition coefficient (Wildman–Crippen LogP) is 4.73. The van der Waals surface area contributed by atoms with Crippen LogP contribution in [0.2, 0.25) is 0 Å². The third-order valence-electron chi connectivity index (χ3n) is 6.02. The fourth-order valence-electron chi connectivity index (χ4n) is 4.15. The highest BCUT2D eigenvalue weighted by molar-refractivity contribution is 7.89. The molecule has 0 atom stereocenters. The summed E-state index contributed by atoms with van der Waals surface area (Å²) in [4.78, 5) is 12.8. The van der Waals surface area contributed by atoms with E-state index in [1.54, 1.807) is 37.3 Å². The van der Waals surface area contributed by atoms with Gasteiger partial charge in [0.05, 0.1) is 12.3 Å². The maximum absolute atomic E-state index is 14.0. The van der Waals surface area contributed by atoms with Gasteiger partial charge in [0.2, 0.25) is 15.9 Å². The van der Waals surface area contributed by atoms with E-state index in [9.17, 15) is 17.6 Å². The molecular weight excluding hydrogens is 485 g/mol. The number of rotatable bonds is 8. The lowest BCUT2D eigenvalue weighted by Crippen LogP contribution is -2.41. The van der Waals surface area contributed by atoms with Crippen LogP contribution in [0.3, 0.4) is 0 Å². The summed E-state index contributed by atoms with van der Waals surface area (Å²) in [6, 6.07) is 13.3. The van der Waals surface area contributed by atoms with E-state index >= 15 is 0 Å². The molecule has 36 heavy (non-hydrogen) atoms. The molecule has 1 saturated heterocycles. The molecular formula is C26H28FN3O5S. The number of para-hydroxylation sites is 2. The molecule has 4 rings (SSSR count). The molecule has 1 aromatic heterocycles. The molecule has 1 fully saturated rings. The second-order valence-corrected chi connectivity index (χ2v) is 10.3. The normalized spacial score (nSPS) is 15.3. The van der Waals surface area contributed by atoms with E-state index in [1.165, 1.54) is 22.5 Å². The molecule has 1 aliphatic rings. The molecule has 0 spiro atoms. The van der Waals surface area contributed by atoms with Gasteiger partial charge in [0.15, 0.2) is 10.7 Å². The lowest BCUT2D eigenvalue weighted by molar-refractivity contribution is -0.120. The maximum Gasteiger partial charge on any atom is 0.248 e. The number of nitrogens with one attached hydrogen (secondary N) is 1. The van der Waals surface area contributed by atoms with E-state index in [1.807, 2.05) is 19.1 Å². The van der Waals surface area contributed by atoms with Crippen molar-refractivity contribution in [3.05, 3.63) is 71.4 Å². The van der Waals surface area contributed by atoms with Crippen LogP contribution in [0.5, 0.6) is 5.75 Å². The lowest BCUT2D eigenvalue weighted by Gasteiger charge is -2.30. The third kappa shape index (κ3) is 5.50. The van der Waals surface area contributed by atoms with Crippen molar-refractivity contribution < 1.29 is 26.9 Å². The van der Waals surface area contributed by atoms with Crippen molar-refractivity contribution in [2.24, 2.45) is 5.92 Å². The van der Waals surface area contributed by atoms with E-state index < -0.39 is 15.8 Å². The Kier molecular flexibility index (Phi) is 7.85. The number of piperidine rings is 1. The first kappa shape index (κ1) is 25.6. The van der Waals surface area contributed by atoms with Gasteiger partial charge in [-0.05, 0) is 57.0 Å². The van der Waals surface area contributed by atoms with Gasteiger partial charge < -0.3 is 14.6 Å². The van der Waals surface area contributed by atoms with Crippen LogP contribution >= 0.6 is 0 Å². The first-order chi connectivity index (χ1) is 17.3. The second kappa shape index (κ2) is 11.0. The largest absolute Gasteiger partial charge is 0.492 e. The Bertz CT molecular complexity index is 1360. The number of aromatic nitrogens is 1. The van der Waals surface area contributed by atoms with Crippen molar-refractivity contribution in [2.75, 3.05) is 25.0 Å². The molecule has 0 radical (unpaired) electrons. The van der Waals surface area contributed by atoms with Gasteiger partial charge in [-0.3, -0.25) is 4.79 Å². The van der Waals surface area contributed by atoms with Crippen LogP contribution in [0.15, 0.2) is 57.9 Å². The number of carbonyl (C=O) groups is 1. The SMILES string of the molecule is CCOc1ccccc1NC(=O)C1CCN(S(=O)(=O)c2c(C)noc2/C=C/c2ccccc2F)CC1. The summed E-state index contributed by atoms with van der Waals surface area (Å²) in [6.45, 7) is 4.24. The fraction of sp³-hybridized carbons (Fsp3) is 0.308. The predicted molar refractivity (Wildman–Crippen MR) is 134 cm³/mol. The van der Waals surface area contributed by atoms with E-state index in [0.29, 0.717) is 36.4 Å². The molecule has 10 heteroatoms. The van der Waals surface area contributed by atoms with Gasteiger partial charge >= 0.3 is 0 Å². The molecule has 1 aliphatic heterocycles. The smallest absolute Gasteiger partial charge is 0.248 e. The van der Waals surface area contributed by atoms with Gasteiger partial charge in [-0.25, -0.2) is 12.8 Å². The Balaban J connectivity index is 1.45. The topological polar surface area (TPSA) is 102 Å². The monoisotopic (exact) mass is 513 g/mol. The Hall–Kier alpha value is -3.50. The minimum Gasteiger partial charge on any atom is -0.492 e. The number of hydrogen-bond donors (Lipinski definition) is 1. The Labute approximate surface area is 209 Å². The van der Waals surface area contributed by atoms with E-state index in [0.717, 1.165) is 0 Å². The number of halogens is 1. The number of ether oxygens (including phenoxy) is 1. The first-order valence-electron chi connectivity index (χ1n) is 11.7. The van der Waals surface area contributed by atoms with Gasteiger partial charge in [0.25, 0.3) is 0 Å². The van der Waals surface area contributed by atoms with E-state index in [2.05, 4.69) is 10.5 Å². The van der Waals surface area contributed by atoms with Crippen LogP contribution in [0, 0.1) is 18.7 Å². The van der Waals surface area contributed by atoms with E-state index in [-0.39, 0.29) is 41.3 Å². The molecule has 2 heterocycles. The van der Waals surface area contributed by atoms with Crippen LogP contribution in [0.1, 0.15) is 36.8 Å². The second-order valence-electron chi connectivity index (χ2n) is 8.41. The third-order valence-corrected chi connectivity index (χ3v) is 8.08. The van der Waals surface area contributed by atoms with E-state index in [4.69, 9.17) is 9.26 Å². The molecule has 3 aromatic rings. The van der Waals surface area contributed by atoms with Crippen molar-refractivity contribution in [1.82, 2.24) is 9.46 Å². The summed E-state index contributed by atoms with van der Waals surface area (Å²) in [5.41, 5.74) is 1.11. The maximum atomic E-state index is 14.0. The Morgan fingerprint density at radius 2 is 1.86 bits per heavy atom. The number of aryl methyl sites for hydroxylation is 1. The average molecular weight is 514 g/mol. The Morgan fingerprint density at radius 3 is 2.58 bits per heavy atom. The summed E-state index contributed by atoms with van der Waals surface area (Å²) in [5, 5.41) is 6.73. The van der Waals surface area contributed by atoms with Gasteiger partial charge in [-0.2, -0.15) is 4.31 Å². The summed E-state index contributed by atoms with van der Waals surface area (Å²) in [6.07, 6.45) is 3.59. The molecule has 190 valence electrons. The van der Waals surface area contributed by atoms with Crippen molar-refractivity contribution in [2.45, 2.75) is 31.6 Å². The van der Waals surface area contributed by atoms with Gasteiger partial charge in [-0.15, -0.1) is 0 Å². The van der Waals surface area contributed by atoms with Crippen LogP contribution in [0.25, 0.3) is 12.2 Å². The first-order valence-corrected chi connectivity index (χ1v) is 13.2. The zero-order valence-corrected chi connectivity index (χ0v) is 20.9. The summed E-state index contributed by atoms with van der Waals surface area (Å²) >= 11 is 0. The minimum atomic E-state index is -3.94. The standard InChI is InChI=1S/C26H28FN3O5S/c1-3-34-23-11-7-6-10-22(23)28-26(31)20-14-16-30(17-15-20)36(32,33)25-18(2)29-35-24(25)13-12-19-8-4-5-9-21(19)27/h4-13,20H,3,14-17H2,1-2H3,(H,28,31)/b13-12+. The van der Waals surface area contributed by atoms with Gasteiger partial charge in [0.1, 0.15) is 17.3 Å². The number of amides is 1. The highest BCUT2D eigenvalue weighted by Crippen LogP contribution is 2.31. The van der Waals surface area contributed by atoms with Crippen molar-refractivity contribution >= 4 is 33.8 Å². The molecule has 2 aromatic carbocycles. The average Bonchev–Trinajstić information content (AvgIpc) is 3.26. The number of hydrogen-bond acceptors (Lipinski definition) is 6. The molecule has 0 bridgehead atoms. The van der Waals surface area contributed by atoms with Crippen LogP contribution in [-0.4, -0.2) is 43.5 Å². The molecule has 0 saturated carbocycles. The molecule has 1 amide bonds. The lowest BCUT2D eigenvalue weighted by atomic mass is 9.97. The number of anilines is 1. The van der Waals surface area contributed by atoms with Crippen molar-refractivity contribution in [1.29, 1.82) is 0 Å². The van der Waals surface area contributed by atoms with Gasteiger partial charge in [-0.1, -0.05) is 35.5 Å². The van der Waals surface area contributed by atoms with Crippen molar-refractivity contribution in [3.63, 3.8) is 0 Å². The van der Waals surface area contributed by atoms with Crippen molar-refractivity contribution in [3.8, 4) is 5.75 Å². The minimum absolute atomic E-state index is 0.0307. The highest BCUT2D eigenvalue weighted by atomic mass is 32.2. The van der Waals surface area contributed by atoms with Gasteiger partial charge in [0, 0.05) is 24.6 Å². The van der Waals surface area contributed by atoms with Crippen LogP contribution in [-0.2, 0) is 14.8 Å².